The van der Waals surface area contributed by atoms with Gasteiger partial charge in [0.1, 0.15) is 34.5 Å². The summed E-state index contributed by atoms with van der Waals surface area (Å²) in [6.45, 7) is 0. The van der Waals surface area contributed by atoms with Crippen molar-refractivity contribution < 1.29 is 34.6 Å². The van der Waals surface area contributed by atoms with Gasteiger partial charge in [-0.05, 0) is 47.9 Å². The summed E-state index contributed by atoms with van der Waals surface area (Å²) in [6, 6.07) is 20.4. The minimum atomic E-state index is -0.638. The maximum Gasteiger partial charge on any atom is 2.00 e. The van der Waals surface area contributed by atoms with Gasteiger partial charge in [-0.3, -0.25) is 0 Å². The molecule has 0 aromatic heterocycles. The van der Waals surface area contributed by atoms with Crippen molar-refractivity contribution in [1.82, 2.24) is 0 Å². The second-order valence-corrected chi connectivity index (χ2v) is 6.37. The fraction of sp³-hybridized carbons (Fsp3) is 0. The van der Waals surface area contributed by atoms with Gasteiger partial charge in [-0.15, -0.1) is 0 Å². The van der Waals surface area contributed by atoms with Crippen LogP contribution >= 0.6 is 0 Å². The standard InChI is InChI=1S/C24H18O7.2Mg/c25-15-7-1-3-9-17(15)29-19-11-5-13-21(23(19)27)31-22-14-6-12-20(24(22)28)30-18-10-4-2-8-16(18)26;;/h1-14,25-28H;;/q;2*+2/p-4. The molecule has 4 rings (SSSR count). The zero-order chi connectivity index (χ0) is 21.8. The van der Waals surface area contributed by atoms with E-state index in [9.17, 15) is 20.4 Å². The van der Waals surface area contributed by atoms with Crippen LogP contribution in [0.15, 0.2) is 84.9 Å². The number of ether oxygens (including phenoxy) is 3. The molecular formula is C24H14Mg2O7. The summed E-state index contributed by atoms with van der Waals surface area (Å²) in [4.78, 5) is 0. The Hall–Kier alpha value is -2.99. The molecule has 0 bridgehead atoms. The SMILES string of the molecule is [Mg+2].[Mg+2].[O-]c1ccccc1Oc1cccc(Oc2cccc(Oc3ccccc3[O-])c2[O-])c1[O-]. The summed E-state index contributed by atoms with van der Waals surface area (Å²) in [5.41, 5.74) is 0. The summed E-state index contributed by atoms with van der Waals surface area (Å²) in [6.07, 6.45) is 0. The smallest absolute Gasteiger partial charge is 0.870 e. The molecule has 0 N–H and O–H groups in total. The zero-order valence-electron chi connectivity index (χ0n) is 17.4. The summed E-state index contributed by atoms with van der Waals surface area (Å²) in [7, 11) is 0. The fourth-order valence-corrected chi connectivity index (χ4v) is 2.74. The predicted octanol–water partition coefficient (Wildman–Crippen LogP) is 2.60. The van der Waals surface area contributed by atoms with Gasteiger partial charge in [-0.1, -0.05) is 60.0 Å². The molecule has 0 atom stereocenters. The Labute approximate surface area is 222 Å². The number of hydrogen-bond donors (Lipinski definition) is 0. The molecule has 0 saturated carbocycles. The Morgan fingerprint density at radius 1 is 0.364 bits per heavy atom. The van der Waals surface area contributed by atoms with Crippen LogP contribution in [0.2, 0.25) is 0 Å². The van der Waals surface area contributed by atoms with Gasteiger partial charge < -0.3 is 34.6 Å². The Morgan fingerprint density at radius 3 is 0.970 bits per heavy atom. The van der Waals surface area contributed by atoms with Crippen molar-refractivity contribution in [3.05, 3.63) is 84.9 Å². The third kappa shape index (κ3) is 6.08. The first-order chi connectivity index (χ1) is 15.0. The first-order valence-corrected chi connectivity index (χ1v) is 9.18. The normalized spacial score (nSPS) is 9.82. The van der Waals surface area contributed by atoms with Crippen molar-refractivity contribution in [2.75, 3.05) is 0 Å². The Bertz CT molecular complexity index is 1140. The summed E-state index contributed by atoms with van der Waals surface area (Å²) in [5.74, 6) is -2.62. The van der Waals surface area contributed by atoms with Crippen molar-refractivity contribution >= 4 is 46.1 Å². The number of para-hydroxylation sites is 6. The predicted molar refractivity (Wildman–Crippen MR) is 115 cm³/mol. The maximum absolute atomic E-state index is 12.7. The first-order valence-electron chi connectivity index (χ1n) is 9.18. The Balaban J connectivity index is 0.00000193. The monoisotopic (exact) mass is 462 g/mol. The van der Waals surface area contributed by atoms with Crippen molar-refractivity contribution in [1.29, 1.82) is 0 Å². The van der Waals surface area contributed by atoms with Crippen LogP contribution in [-0.2, 0) is 0 Å². The molecule has 0 saturated heterocycles. The molecule has 7 nitrogen and oxygen atoms in total. The topological polar surface area (TPSA) is 120 Å². The quantitative estimate of drug-likeness (QED) is 0.404. The van der Waals surface area contributed by atoms with Crippen LogP contribution in [0.5, 0.6) is 57.5 Å². The van der Waals surface area contributed by atoms with Gasteiger partial charge in [0.15, 0.2) is 0 Å². The van der Waals surface area contributed by atoms with Gasteiger partial charge in [0.25, 0.3) is 0 Å². The van der Waals surface area contributed by atoms with Gasteiger partial charge in [-0.2, -0.15) is 0 Å². The van der Waals surface area contributed by atoms with E-state index < -0.39 is 11.5 Å². The molecule has 0 amide bonds. The van der Waals surface area contributed by atoms with Crippen LogP contribution in [-0.4, -0.2) is 46.1 Å². The van der Waals surface area contributed by atoms with E-state index in [4.69, 9.17) is 14.2 Å². The molecule has 0 aliphatic rings. The van der Waals surface area contributed by atoms with Crippen molar-refractivity contribution in [3.63, 3.8) is 0 Å². The molecule has 4 aromatic rings. The van der Waals surface area contributed by atoms with E-state index in [0.717, 1.165) is 0 Å². The average Bonchev–Trinajstić information content (AvgIpc) is 2.76. The zero-order valence-corrected chi connectivity index (χ0v) is 20.2. The number of rotatable bonds is 6. The molecule has 9 heteroatoms. The second-order valence-electron chi connectivity index (χ2n) is 6.37. The molecule has 0 unspecified atom stereocenters. The molecule has 0 aliphatic heterocycles. The van der Waals surface area contributed by atoms with Gasteiger partial charge in [0, 0.05) is 0 Å². The molecule has 0 radical (unpaired) electrons. The second kappa shape index (κ2) is 11.8. The van der Waals surface area contributed by atoms with E-state index in [1.165, 1.54) is 60.7 Å². The number of benzene rings is 4. The molecule has 4 aromatic carbocycles. The third-order valence-electron chi connectivity index (χ3n) is 4.24. The molecule has 0 aliphatic carbocycles. The number of hydrogen-bond acceptors (Lipinski definition) is 7. The summed E-state index contributed by atoms with van der Waals surface area (Å²) >= 11 is 0. The van der Waals surface area contributed by atoms with Crippen LogP contribution in [0.25, 0.3) is 0 Å². The van der Waals surface area contributed by atoms with E-state index in [1.54, 1.807) is 24.3 Å². The average molecular weight is 463 g/mol. The Morgan fingerprint density at radius 2 is 0.636 bits per heavy atom. The van der Waals surface area contributed by atoms with Crippen LogP contribution in [0.1, 0.15) is 0 Å². The molecule has 0 heterocycles. The maximum atomic E-state index is 12.7. The first kappa shape index (κ1) is 26.3. The molecule has 0 fully saturated rings. The van der Waals surface area contributed by atoms with E-state index in [-0.39, 0.29) is 92.1 Å². The van der Waals surface area contributed by atoms with Gasteiger partial charge in [0.2, 0.25) is 0 Å². The van der Waals surface area contributed by atoms with E-state index in [1.807, 2.05) is 0 Å². The fourth-order valence-electron chi connectivity index (χ4n) is 2.74. The van der Waals surface area contributed by atoms with E-state index >= 15 is 0 Å². The van der Waals surface area contributed by atoms with Crippen molar-refractivity contribution in [2.24, 2.45) is 0 Å². The molecule has 0 spiro atoms. The van der Waals surface area contributed by atoms with Crippen LogP contribution < -0.4 is 34.6 Å². The summed E-state index contributed by atoms with van der Waals surface area (Å²) < 4.78 is 16.4. The van der Waals surface area contributed by atoms with Crippen LogP contribution in [0.4, 0.5) is 0 Å². The molecule has 156 valence electrons. The van der Waals surface area contributed by atoms with E-state index in [2.05, 4.69) is 0 Å². The van der Waals surface area contributed by atoms with Crippen molar-refractivity contribution in [2.45, 2.75) is 0 Å². The van der Waals surface area contributed by atoms with Gasteiger partial charge >= 0.3 is 46.1 Å². The van der Waals surface area contributed by atoms with Crippen molar-refractivity contribution in [3.8, 4) is 57.5 Å². The Kier molecular flexibility index (Phi) is 9.35. The largest absolute Gasteiger partial charge is 2.00 e. The van der Waals surface area contributed by atoms with Gasteiger partial charge in [-0.25, -0.2) is 0 Å². The molecular weight excluding hydrogens is 449 g/mol. The minimum absolute atomic E-state index is 0. The minimum Gasteiger partial charge on any atom is -0.870 e. The van der Waals surface area contributed by atoms with E-state index in [0.29, 0.717) is 0 Å². The molecule has 33 heavy (non-hydrogen) atoms. The third-order valence-corrected chi connectivity index (χ3v) is 4.24. The van der Waals surface area contributed by atoms with Crippen LogP contribution in [0.3, 0.4) is 0 Å². The summed E-state index contributed by atoms with van der Waals surface area (Å²) in [5, 5.41) is 49.1. The van der Waals surface area contributed by atoms with Gasteiger partial charge in [0.05, 0.1) is 0 Å². The van der Waals surface area contributed by atoms with Crippen LogP contribution in [0, 0.1) is 0 Å².